The van der Waals surface area contributed by atoms with Crippen LogP contribution in [0.4, 0.5) is 9.18 Å². The van der Waals surface area contributed by atoms with Gasteiger partial charge in [-0.1, -0.05) is 47.6 Å². The molecule has 3 rings (SSSR count). The standard InChI is InChI=1S/C20H18FN3O5/c1-22-20(27)23-18(25)17(12-6-3-2-4-7-12)28-19(26)16-11-15(24-29-16)13-8-5-9-14(21)10-13/h2-10,16-17H,11H2,1H3,(H2,22,23,25,27). The summed E-state index contributed by atoms with van der Waals surface area (Å²) in [4.78, 5) is 41.6. The fourth-order valence-corrected chi connectivity index (χ4v) is 2.68. The van der Waals surface area contributed by atoms with Crippen LogP contribution in [0, 0.1) is 5.82 Å². The van der Waals surface area contributed by atoms with Gasteiger partial charge in [-0.05, 0) is 12.1 Å². The van der Waals surface area contributed by atoms with Gasteiger partial charge in [-0.15, -0.1) is 0 Å². The van der Waals surface area contributed by atoms with Crippen LogP contribution < -0.4 is 10.6 Å². The number of esters is 1. The van der Waals surface area contributed by atoms with Crippen molar-refractivity contribution in [3.63, 3.8) is 0 Å². The van der Waals surface area contributed by atoms with Crippen LogP contribution in [0.25, 0.3) is 0 Å². The average Bonchev–Trinajstić information content (AvgIpc) is 3.22. The molecule has 0 fully saturated rings. The molecule has 8 nitrogen and oxygen atoms in total. The molecule has 0 spiro atoms. The van der Waals surface area contributed by atoms with E-state index in [0.717, 1.165) is 0 Å². The quantitative estimate of drug-likeness (QED) is 0.749. The first-order valence-electron chi connectivity index (χ1n) is 8.74. The predicted octanol–water partition coefficient (Wildman–Crippen LogP) is 2.06. The Hall–Kier alpha value is -3.75. The molecule has 0 bridgehead atoms. The lowest BCUT2D eigenvalue weighted by Gasteiger charge is -2.18. The molecule has 2 N–H and O–H groups in total. The summed E-state index contributed by atoms with van der Waals surface area (Å²) in [5.41, 5.74) is 1.25. The summed E-state index contributed by atoms with van der Waals surface area (Å²) in [6.07, 6.45) is -2.39. The predicted molar refractivity (Wildman–Crippen MR) is 100 cm³/mol. The van der Waals surface area contributed by atoms with E-state index in [-0.39, 0.29) is 6.42 Å². The van der Waals surface area contributed by atoms with E-state index in [4.69, 9.17) is 9.57 Å². The van der Waals surface area contributed by atoms with Crippen LogP contribution in [0.3, 0.4) is 0 Å². The van der Waals surface area contributed by atoms with Crippen LogP contribution in [0.1, 0.15) is 23.7 Å². The van der Waals surface area contributed by atoms with Crippen molar-refractivity contribution < 1.29 is 28.3 Å². The van der Waals surface area contributed by atoms with E-state index in [1.165, 1.54) is 25.2 Å². The third-order valence-electron chi connectivity index (χ3n) is 4.13. The highest BCUT2D eigenvalue weighted by atomic mass is 19.1. The fourth-order valence-electron chi connectivity index (χ4n) is 2.68. The zero-order chi connectivity index (χ0) is 20.8. The van der Waals surface area contributed by atoms with E-state index < -0.39 is 35.9 Å². The van der Waals surface area contributed by atoms with Gasteiger partial charge < -0.3 is 14.9 Å². The molecule has 9 heteroatoms. The Bertz CT molecular complexity index is 948. The van der Waals surface area contributed by atoms with Crippen LogP contribution in [0.15, 0.2) is 59.8 Å². The number of rotatable bonds is 5. The van der Waals surface area contributed by atoms with E-state index in [1.807, 2.05) is 0 Å². The minimum absolute atomic E-state index is 0.0564. The highest BCUT2D eigenvalue weighted by Crippen LogP contribution is 2.23. The Morgan fingerprint density at radius 2 is 1.93 bits per heavy atom. The van der Waals surface area contributed by atoms with Crippen LogP contribution >= 0.6 is 0 Å². The van der Waals surface area contributed by atoms with Gasteiger partial charge in [0, 0.05) is 24.6 Å². The Balaban J connectivity index is 1.70. The summed E-state index contributed by atoms with van der Waals surface area (Å²) in [5.74, 6) is -2.08. The van der Waals surface area contributed by atoms with E-state index in [2.05, 4.69) is 15.8 Å². The first kappa shape index (κ1) is 20.0. The SMILES string of the molecule is CNC(=O)NC(=O)C(OC(=O)C1CC(c2cccc(F)c2)=NO1)c1ccccc1. The van der Waals surface area contributed by atoms with Gasteiger partial charge >= 0.3 is 12.0 Å². The van der Waals surface area contributed by atoms with Gasteiger partial charge in [-0.2, -0.15) is 0 Å². The number of urea groups is 1. The topological polar surface area (TPSA) is 106 Å². The average molecular weight is 399 g/mol. The van der Waals surface area contributed by atoms with Crippen molar-refractivity contribution in [1.82, 2.24) is 10.6 Å². The minimum atomic E-state index is -1.36. The monoisotopic (exact) mass is 399 g/mol. The van der Waals surface area contributed by atoms with E-state index in [0.29, 0.717) is 16.8 Å². The van der Waals surface area contributed by atoms with Gasteiger partial charge in [0.25, 0.3) is 5.91 Å². The van der Waals surface area contributed by atoms with Gasteiger partial charge in [0.15, 0.2) is 0 Å². The molecule has 0 aromatic heterocycles. The summed E-state index contributed by atoms with van der Waals surface area (Å²) in [5, 5.41) is 8.16. The van der Waals surface area contributed by atoms with Crippen molar-refractivity contribution in [2.45, 2.75) is 18.6 Å². The molecule has 0 radical (unpaired) electrons. The first-order chi connectivity index (χ1) is 14.0. The maximum atomic E-state index is 13.4. The van der Waals surface area contributed by atoms with Gasteiger partial charge in [0.2, 0.25) is 12.2 Å². The maximum Gasteiger partial charge on any atom is 0.351 e. The summed E-state index contributed by atoms with van der Waals surface area (Å²) in [6, 6.07) is 13.2. The molecule has 1 heterocycles. The first-order valence-corrected chi connectivity index (χ1v) is 8.74. The van der Waals surface area contributed by atoms with Crippen molar-refractivity contribution >= 4 is 23.6 Å². The van der Waals surface area contributed by atoms with Crippen LogP contribution in [0.5, 0.6) is 0 Å². The van der Waals surface area contributed by atoms with Gasteiger partial charge in [-0.3, -0.25) is 10.1 Å². The van der Waals surface area contributed by atoms with Gasteiger partial charge in [-0.25, -0.2) is 14.0 Å². The van der Waals surface area contributed by atoms with Gasteiger partial charge in [0.1, 0.15) is 5.82 Å². The smallest absolute Gasteiger partial charge is 0.351 e. The third-order valence-corrected chi connectivity index (χ3v) is 4.13. The summed E-state index contributed by atoms with van der Waals surface area (Å²) in [6.45, 7) is 0. The number of oxime groups is 1. The number of hydrogen-bond donors (Lipinski definition) is 2. The molecule has 2 aromatic rings. The zero-order valence-corrected chi connectivity index (χ0v) is 15.4. The molecule has 3 amide bonds. The molecule has 150 valence electrons. The Labute approximate surface area is 165 Å². The minimum Gasteiger partial charge on any atom is -0.444 e. The molecule has 1 aliphatic heterocycles. The van der Waals surface area contributed by atoms with Crippen LogP contribution in [0.2, 0.25) is 0 Å². The lowest BCUT2D eigenvalue weighted by Crippen LogP contribution is -2.42. The van der Waals surface area contributed by atoms with Gasteiger partial charge in [0.05, 0.1) is 5.71 Å². The Morgan fingerprint density at radius 3 is 2.62 bits per heavy atom. The normalized spacial score (nSPS) is 16.2. The lowest BCUT2D eigenvalue weighted by molar-refractivity contribution is -0.165. The molecule has 2 unspecified atom stereocenters. The summed E-state index contributed by atoms with van der Waals surface area (Å²) < 4.78 is 18.7. The van der Waals surface area contributed by atoms with Crippen LogP contribution in [-0.2, 0) is 19.2 Å². The lowest BCUT2D eigenvalue weighted by atomic mass is 10.0. The zero-order valence-electron chi connectivity index (χ0n) is 15.4. The number of carbonyl (C=O) groups excluding carboxylic acids is 3. The number of nitrogens with one attached hydrogen (secondary N) is 2. The number of carbonyl (C=O) groups is 3. The second-order valence-electron chi connectivity index (χ2n) is 6.14. The number of amides is 3. The van der Waals surface area contributed by atoms with Crippen molar-refractivity contribution in [3.8, 4) is 0 Å². The van der Waals surface area contributed by atoms with E-state index >= 15 is 0 Å². The number of benzene rings is 2. The molecule has 1 aliphatic rings. The Kier molecular flexibility index (Phi) is 6.18. The molecule has 0 aliphatic carbocycles. The summed E-state index contributed by atoms with van der Waals surface area (Å²) in [7, 11) is 1.35. The number of hydrogen-bond acceptors (Lipinski definition) is 6. The molecule has 2 atom stereocenters. The molecular formula is C20H18FN3O5. The Morgan fingerprint density at radius 1 is 1.17 bits per heavy atom. The number of imide groups is 1. The van der Waals surface area contributed by atoms with E-state index in [9.17, 15) is 18.8 Å². The third kappa shape index (κ3) is 4.95. The van der Waals surface area contributed by atoms with Crippen molar-refractivity contribution in [1.29, 1.82) is 0 Å². The molecule has 0 saturated heterocycles. The maximum absolute atomic E-state index is 13.4. The number of ether oxygens (including phenoxy) is 1. The fraction of sp³-hybridized carbons (Fsp3) is 0.200. The van der Waals surface area contributed by atoms with Crippen molar-refractivity contribution in [2.24, 2.45) is 5.16 Å². The molecule has 0 saturated carbocycles. The molecular weight excluding hydrogens is 381 g/mol. The second-order valence-corrected chi connectivity index (χ2v) is 6.14. The second kappa shape index (κ2) is 8.96. The van der Waals surface area contributed by atoms with E-state index in [1.54, 1.807) is 36.4 Å². The van der Waals surface area contributed by atoms with Crippen molar-refractivity contribution in [3.05, 3.63) is 71.5 Å². The molecule has 2 aromatic carbocycles. The summed E-state index contributed by atoms with van der Waals surface area (Å²) >= 11 is 0. The number of halogens is 1. The highest BCUT2D eigenvalue weighted by molar-refractivity contribution is 6.04. The van der Waals surface area contributed by atoms with Crippen LogP contribution in [-0.4, -0.2) is 36.8 Å². The largest absolute Gasteiger partial charge is 0.444 e. The number of nitrogens with zero attached hydrogens (tertiary/aromatic N) is 1. The molecule has 29 heavy (non-hydrogen) atoms. The van der Waals surface area contributed by atoms with Crippen molar-refractivity contribution in [2.75, 3.05) is 7.05 Å². The highest BCUT2D eigenvalue weighted by Gasteiger charge is 2.35.